The van der Waals surface area contributed by atoms with Gasteiger partial charge in [-0.15, -0.1) is 0 Å². The van der Waals surface area contributed by atoms with E-state index in [0.29, 0.717) is 97.6 Å². The number of carbonyl (C=O) groups is 5. The Bertz CT molecular complexity index is 2570. The van der Waals surface area contributed by atoms with Gasteiger partial charge in [0.15, 0.2) is 23.0 Å². The van der Waals surface area contributed by atoms with Crippen LogP contribution < -0.4 is 37.9 Å². The fourth-order valence-corrected chi connectivity index (χ4v) is 7.21. The number of hydrogen-bond donors (Lipinski definition) is 3. The van der Waals surface area contributed by atoms with E-state index in [1.54, 1.807) is 79.5 Å². The summed E-state index contributed by atoms with van der Waals surface area (Å²) in [7, 11) is 12.2. The number of rotatable bonds is 12. The third-order valence-electron chi connectivity index (χ3n) is 8.91. The van der Waals surface area contributed by atoms with Crippen molar-refractivity contribution >= 4 is 96.6 Å². The van der Waals surface area contributed by atoms with Gasteiger partial charge in [-0.2, -0.15) is 10.2 Å². The molecule has 3 heterocycles. The highest BCUT2D eigenvalue weighted by Crippen LogP contribution is 2.40. The van der Waals surface area contributed by atoms with Gasteiger partial charge in [-0.25, -0.2) is 3.11 Å². The Kier molecular flexibility index (Phi) is 17.7. The first-order chi connectivity index (χ1) is 30.1. The van der Waals surface area contributed by atoms with Crippen LogP contribution in [0.15, 0.2) is 54.6 Å². The minimum atomic E-state index is -0.833. The van der Waals surface area contributed by atoms with E-state index in [0.717, 1.165) is 19.1 Å². The van der Waals surface area contributed by atoms with Gasteiger partial charge >= 0.3 is 0 Å². The summed E-state index contributed by atoms with van der Waals surface area (Å²) < 4.78 is 44.3. The average Bonchev–Trinajstić information content (AvgIpc) is 4.01. The van der Waals surface area contributed by atoms with Crippen molar-refractivity contribution in [3.63, 3.8) is 0 Å². The molecule has 0 atom stereocenters. The Morgan fingerprint density at radius 3 is 1.49 bits per heavy atom. The second-order valence-corrected chi connectivity index (χ2v) is 14.7. The molecule has 1 fully saturated rings. The van der Waals surface area contributed by atoms with Crippen LogP contribution in [0.2, 0.25) is 0 Å². The van der Waals surface area contributed by atoms with Crippen molar-refractivity contribution in [2.75, 3.05) is 56.9 Å². The standard InChI is InChI=1S/C18H17IN2O5.C18H18N2O5.C4H4INO2.C2H4O2/c1-23-11-6-5-10-15(14(11)19)20-21-16(10)17(22)9-7-12(24-2)18(26-4)13(8-9)25-3;1-22-11-5-6-12-13(9-11)19-20-16(12)17(21)10-7-14(23-2)18(25-4)15(8-10)24-3;5-6-3(7)1-2-4(6)8;1-2(3)4/h5-8H,1-4H3,(H,20,21);5-9H,1-4H3,(H,19,20);1-2H2;1H3,(H,3,4). The molecule has 4 aromatic carbocycles. The first-order valence-electron chi connectivity index (χ1n) is 18.3. The van der Waals surface area contributed by atoms with E-state index in [-0.39, 0.29) is 23.4 Å². The fraction of sp³-hybridized carbons (Fsp3) is 0.262. The molecule has 0 spiro atoms. The van der Waals surface area contributed by atoms with Gasteiger partial charge in [-0.3, -0.25) is 34.2 Å². The number of aliphatic carboxylic acids is 1. The Morgan fingerprint density at radius 1 is 0.619 bits per heavy atom. The van der Waals surface area contributed by atoms with Crippen molar-refractivity contribution in [1.82, 2.24) is 23.5 Å². The van der Waals surface area contributed by atoms with Crippen molar-refractivity contribution in [3.05, 3.63) is 80.7 Å². The highest BCUT2D eigenvalue weighted by Gasteiger charge is 2.26. The number of imide groups is 1. The number of amides is 2. The minimum absolute atomic E-state index is 0.0735. The van der Waals surface area contributed by atoms with E-state index in [1.165, 1.54) is 42.7 Å². The van der Waals surface area contributed by atoms with Crippen molar-refractivity contribution in [1.29, 1.82) is 0 Å². The maximum atomic E-state index is 13.1. The highest BCUT2D eigenvalue weighted by atomic mass is 127. The molecule has 1 saturated heterocycles. The SMILES string of the molecule is CC(=O)O.COc1cc(C(=O)c2[nH]nc3c(I)c(OC)ccc23)cc(OC)c1OC.COc1ccc2c(C(=O)c3cc(OC)c(OC)c(OC)c3)n[nH]c2c1.O=C1CCC(=O)N1I. The lowest BCUT2D eigenvalue weighted by Gasteiger charge is -2.13. The normalized spacial score (nSPS) is 11.6. The van der Waals surface area contributed by atoms with Gasteiger partial charge in [0.1, 0.15) is 28.4 Å². The zero-order chi connectivity index (χ0) is 46.5. The molecule has 0 saturated carbocycles. The molecule has 3 N–H and O–H groups in total. The van der Waals surface area contributed by atoms with Crippen LogP contribution in [-0.2, 0) is 14.4 Å². The topological polar surface area (TPSA) is 240 Å². The lowest BCUT2D eigenvalue weighted by molar-refractivity contribution is -0.134. The van der Waals surface area contributed by atoms with Gasteiger partial charge in [-0.1, -0.05) is 0 Å². The summed E-state index contributed by atoms with van der Waals surface area (Å²) in [6, 6.07) is 15.4. The van der Waals surface area contributed by atoms with Crippen LogP contribution in [0.25, 0.3) is 21.8 Å². The molecule has 2 aromatic heterocycles. The number of methoxy groups -OCH3 is 8. The number of nitrogens with one attached hydrogen (secondary N) is 2. The van der Waals surface area contributed by atoms with E-state index >= 15 is 0 Å². The van der Waals surface area contributed by atoms with Gasteiger partial charge in [0.2, 0.25) is 34.9 Å². The number of aromatic nitrogens is 4. The molecule has 63 heavy (non-hydrogen) atoms. The number of carbonyl (C=O) groups excluding carboxylic acids is 4. The molecular formula is C42H43I2N5O14. The highest BCUT2D eigenvalue weighted by molar-refractivity contribution is 14.1. The van der Waals surface area contributed by atoms with Crippen LogP contribution in [0.4, 0.5) is 0 Å². The lowest BCUT2D eigenvalue weighted by Crippen LogP contribution is -2.16. The molecule has 6 aromatic rings. The Labute approximate surface area is 388 Å². The van der Waals surface area contributed by atoms with Crippen molar-refractivity contribution in [2.45, 2.75) is 19.8 Å². The van der Waals surface area contributed by atoms with Crippen molar-refractivity contribution in [2.24, 2.45) is 0 Å². The van der Waals surface area contributed by atoms with Crippen LogP contribution in [0.3, 0.4) is 0 Å². The second-order valence-electron chi connectivity index (χ2n) is 12.6. The second kappa shape index (κ2) is 22.6. The van der Waals surface area contributed by atoms with Gasteiger partial charge in [0, 0.05) is 47.7 Å². The van der Waals surface area contributed by atoms with Gasteiger partial charge in [0.25, 0.3) is 5.97 Å². The largest absolute Gasteiger partial charge is 0.497 e. The summed E-state index contributed by atoms with van der Waals surface area (Å²) in [6.07, 6.45) is 0.781. The van der Waals surface area contributed by atoms with Crippen LogP contribution in [-0.4, -0.2) is 115 Å². The molecule has 7 rings (SSSR count). The quantitative estimate of drug-likeness (QED) is 0.0492. The zero-order valence-electron chi connectivity index (χ0n) is 35.5. The summed E-state index contributed by atoms with van der Waals surface area (Å²) in [6.45, 7) is 1.08. The minimum Gasteiger partial charge on any atom is -0.497 e. The molecular weight excluding hydrogens is 1050 g/mol. The average molecular weight is 1100 g/mol. The maximum absolute atomic E-state index is 13.1. The maximum Gasteiger partial charge on any atom is 0.300 e. The monoisotopic (exact) mass is 1100 g/mol. The molecule has 0 bridgehead atoms. The molecule has 1 aliphatic rings. The molecule has 2 amide bonds. The summed E-state index contributed by atoms with van der Waals surface area (Å²) >= 11 is 3.86. The predicted octanol–water partition coefficient (Wildman–Crippen LogP) is 6.84. The van der Waals surface area contributed by atoms with Crippen molar-refractivity contribution in [3.8, 4) is 46.0 Å². The number of benzene rings is 4. The van der Waals surface area contributed by atoms with Crippen LogP contribution in [0.5, 0.6) is 46.0 Å². The molecule has 334 valence electrons. The third kappa shape index (κ3) is 11.4. The number of ketones is 2. The fourth-order valence-electron chi connectivity index (χ4n) is 5.91. The van der Waals surface area contributed by atoms with Crippen LogP contribution >= 0.6 is 45.5 Å². The van der Waals surface area contributed by atoms with E-state index in [2.05, 4.69) is 43.0 Å². The molecule has 0 unspecified atom stereocenters. The number of halogens is 2. The van der Waals surface area contributed by atoms with E-state index in [1.807, 2.05) is 12.1 Å². The van der Waals surface area contributed by atoms with Gasteiger partial charge < -0.3 is 43.0 Å². The summed E-state index contributed by atoms with van der Waals surface area (Å²) in [5.41, 5.74) is 2.88. The van der Waals surface area contributed by atoms with E-state index < -0.39 is 5.97 Å². The molecule has 19 nitrogen and oxygen atoms in total. The predicted molar refractivity (Wildman–Crippen MR) is 245 cm³/mol. The summed E-state index contributed by atoms with van der Waals surface area (Å²) in [5.74, 6) is 2.43. The smallest absolute Gasteiger partial charge is 0.300 e. The van der Waals surface area contributed by atoms with Crippen molar-refractivity contribution < 1.29 is 67.0 Å². The number of fused-ring (bicyclic) bond motifs is 2. The van der Waals surface area contributed by atoms with Crippen LogP contribution in [0.1, 0.15) is 51.9 Å². The third-order valence-corrected chi connectivity index (χ3v) is 11.0. The molecule has 0 radical (unpaired) electrons. The number of hydrogen-bond acceptors (Lipinski definition) is 15. The zero-order valence-corrected chi connectivity index (χ0v) is 39.8. The molecule has 1 aliphatic heterocycles. The van der Waals surface area contributed by atoms with Gasteiger partial charge in [-0.05, 0) is 71.1 Å². The first kappa shape index (κ1) is 49.3. The number of aromatic amines is 2. The summed E-state index contributed by atoms with van der Waals surface area (Å²) in [5, 5.41) is 23.0. The number of carboxylic acid groups (broad SMARTS) is 1. The Hall–Kier alpha value is -6.37. The number of ether oxygens (including phenoxy) is 8. The molecule has 0 aliphatic carbocycles. The lowest BCUT2D eigenvalue weighted by atomic mass is 10.0. The number of H-pyrrole nitrogens is 2. The molecule has 21 heteroatoms. The summed E-state index contributed by atoms with van der Waals surface area (Å²) in [4.78, 5) is 56.0. The Balaban J connectivity index is 0.000000220. The van der Waals surface area contributed by atoms with Gasteiger partial charge in [0.05, 0.1) is 88.8 Å². The Morgan fingerprint density at radius 2 is 1.08 bits per heavy atom. The van der Waals surface area contributed by atoms with E-state index in [9.17, 15) is 19.2 Å². The number of nitrogens with zero attached hydrogens (tertiary/aromatic N) is 3. The first-order valence-corrected chi connectivity index (χ1v) is 20.3. The van der Waals surface area contributed by atoms with E-state index in [4.69, 9.17) is 47.8 Å². The van der Waals surface area contributed by atoms with Crippen LogP contribution in [0, 0.1) is 3.57 Å². The number of carboxylic acids is 1.